The summed E-state index contributed by atoms with van der Waals surface area (Å²) in [6.07, 6.45) is 2.89. The van der Waals surface area contributed by atoms with E-state index in [1.54, 1.807) is 66.7 Å². The highest BCUT2D eigenvalue weighted by Gasteiger charge is 2.13. The van der Waals surface area contributed by atoms with Crippen LogP contribution in [0.3, 0.4) is 0 Å². The lowest BCUT2D eigenvalue weighted by molar-refractivity contribution is -0.111. The Morgan fingerprint density at radius 1 is 1.03 bits per heavy atom. The van der Waals surface area contributed by atoms with Crippen LogP contribution >= 0.6 is 34.5 Å². The molecular weight excluding hydrogens is 495 g/mol. The molecule has 0 bridgehead atoms. The lowest BCUT2D eigenvalue weighted by Gasteiger charge is -2.11. The second-order valence-corrected chi connectivity index (χ2v) is 8.71. The number of anilines is 2. The van der Waals surface area contributed by atoms with E-state index in [-0.39, 0.29) is 11.8 Å². The molecule has 0 atom stereocenters. The highest BCUT2D eigenvalue weighted by Crippen LogP contribution is 2.34. The van der Waals surface area contributed by atoms with Crippen molar-refractivity contribution < 1.29 is 18.7 Å². The van der Waals surface area contributed by atoms with E-state index in [0.29, 0.717) is 49.1 Å². The van der Waals surface area contributed by atoms with Gasteiger partial charge in [0.25, 0.3) is 5.91 Å². The third kappa shape index (κ3) is 5.51. The van der Waals surface area contributed by atoms with Crippen molar-refractivity contribution in [3.8, 4) is 17.1 Å². The van der Waals surface area contributed by atoms with E-state index in [1.807, 2.05) is 5.38 Å². The van der Waals surface area contributed by atoms with Gasteiger partial charge in [-0.3, -0.25) is 9.59 Å². The minimum absolute atomic E-state index is 0.232. The van der Waals surface area contributed by atoms with Crippen LogP contribution < -0.4 is 15.4 Å². The lowest BCUT2D eigenvalue weighted by atomic mass is 10.2. The SMILES string of the molecule is COc1cc(NC(=O)C=Cc2ccc(-c3cccc(Cl)c3Cl)o2)ccc1NC(=O)c1cccs1. The molecule has 0 aliphatic rings. The minimum atomic E-state index is -0.365. The zero-order valence-electron chi connectivity index (χ0n) is 17.8. The standard InChI is InChI=1S/C25H18Cl2N2O4S/c1-32-21-14-15(7-10-19(21)29-25(31)22-6-3-13-34-22)28-23(30)12-9-16-8-11-20(33-16)17-4-2-5-18(26)24(17)27/h2-14H,1H3,(H,28,30)(H,29,31). The Balaban J connectivity index is 1.41. The largest absolute Gasteiger partial charge is 0.494 e. The highest BCUT2D eigenvalue weighted by atomic mass is 35.5. The molecule has 2 amide bonds. The zero-order chi connectivity index (χ0) is 24.1. The molecule has 0 radical (unpaired) electrons. The molecule has 4 rings (SSSR count). The van der Waals surface area contributed by atoms with E-state index in [2.05, 4.69) is 10.6 Å². The van der Waals surface area contributed by atoms with E-state index in [0.717, 1.165) is 0 Å². The van der Waals surface area contributed by atoms with Crippen molar-refractivity contribution in [2.45, 2.75) is 0 Å². The summed E-state index contributed by atoms with van der Waals surface area (Å²) in [5.41, 5.74) is 1.67. The number of ether oxygens (including phenoxy) is 1. The smallest absolute Gasteiger partial charge is 0.265 e. The molecular formula is C25H18Cl2N2O4S. The molecule has 2 heterocycles. The van der Waals surface area contributed by atoms with E-state index in [1.165, 1.54) is 24.5 Å². The van der Waals surface area contributed by atoms with Gasteiger partial charge in [0, 0.05) is 23.4 Å². The molecule has 0 spiro atoms. The van der Waals surface area contributed by atoms with Gasteiger partial charge >= 0.3 is 0 Å². The van der Waals surface area contributed by atoms with E-state index < -0.39 is 0 Å². The van der Waals surface area contributed by atoms with Gasteiger partial charge in [-0.1, -0.05) is 35.3 Å². The van der Waals surface area contributed by atoms with Gasteiger partial charge in [0.15, 0.2) is 0 Å². The van der Waals surface area contributed by atoms with Crippen LogP contribution in [-0.4, -0.2) is 18.9 Å². The molecule has 172 valence electrons. The van der Waals surface area contributed by atoms with Crippen molar-refractivity contribution in [3.63, 3.8) is 0 Å². The van der Waals surface area contributed by atoms with Crippen molar-refractivity contribution in [1.29, 1.82) is 0 Å². The number of rotatable bonds is 7. The Kier molecular flexibility index (Phi) is 7.37. The van der Waals surface area contributed by atoms with E-state index in [4.69, 9.17) is 32.4 Å². The van der Waals surface area contributed by atoms with Crippen LogP contribution in [0.1, 0.15) is 15.4 Å². The maximum atomic E-state index is 12.4. The number of hydrogen-bond acceptors (Lipinski definition) is 5. The average Bonchev–Trinajstić information content (AvgIpc) is 3.53. The predicted octanol–water partition coefficient (Wildman–Crippen LogP) is 7.23. The first-order chi connectivity index (χ1) is 16.4. The molecule has 2 aromatic heterocycles. The summed E-state index contributed by atoms with van der Waals surface area (Å²) in [5.74, 6) is 0.838. The Labute approximate surface area is 209 Å². The second-order valence-electron chi connectivity index (χ2n) is 6.97. The predicted molar refractivity (Wildman–Crippen MR) is 137 cm³/mol. The van der Waals surface area contributed by atoms with E-state index in [9.17, 15) is 9.59 Å². The fraction of sp³-hybridized carbons (Fsp3) is 0.0400. The van der Waals surface area contributed by atoms with Crippen molar-refractivity contribution >= 4 is 63.8 Å². The summed E-state index contributed by atoms with van der Waals surface area (Å²) >= 11 is 13.6. The maximum Gasteiger partial charge on any atom is 0.265 e. The number of carbonyl (C=O) groups excluding carboxylic acids is 2. The first-order valence-electron chi connectivity index (χ1n) is 10.0. The highest BCUT2D eigenvalue weighted by molar-refractivity contribution is 7.12. The number of thiophene rings is 1. The van der Waals surface area contributed by atoms with Crippen LogP contribution in [0.15, 0.2) is 76.5 Å². The van der Waals surface area contributed by atoms with Crippen LogP contribution in [0.2, 0.25) is 10.0 Å². The fourth-order valence-corrected chi connectivity index (χ4v) is 4.10. The van der Waals surface area contributed by atoms with Crippen LogP contribution in [0.5, 0.6) is 5.75 Å². The average molecular weight is 513 g/mol. The molecule has 6 nitrogen and oxygen atoms in total. The van der Waals surface area contributed by atoms with Crippen LogP contribution in [0.25, 0.3) is 17.4 Å². The van der Waals surface area contributed by atoms with Gasteiger partial charge < -0.3 is 19.8 Å². The summed E-state index contributed by atoms with van der Waals surface area (Å²) in [6, 6.07) is 17.3. The molecule has 0 aliphatic carbocycles. The molecule has 0 fully saturated rings. The molecule has 2 N–H and O–H groups in total. The van der Waals surface area contributed by atoms with Gasteiger partial charge in [0.05, 0.1) is 27.7 Å². The van der Waals surface area contributed by atoms with Crippen LogP contribution in [0, 0.1) is 0 Å². The molecule has 9 heteroatoms. The summed E-state index contributed by atoms with van der Waals surface area (Å²) in [6.45, 7) is 0. The molecule has 0 saturated carbocycles. The summed E-state index contributed by atoms with van der Waals surface area (Å²) < 4.78 is 11.1. The topological polar surface area (TPSA) is 80.6 Å². The number of furan rings is 1. The Hall–Kier alpha value is -3.52. The van der Waals surface area contributed by atoms with E-state index >= 15 is 0 Å². The molecule has 2 aromatic carbocycles. The third-order valence-electron chi connectivity index (χ3n) is 4.71. The summed E-state index contributed by atoms with van der Waals surface area (Å²) in [7, 11) is 1.49. The Bertz CT molecular complexity index is 1360. The number of nitrogens with one attached hydrogen (secondary N) is 2. The quantitative estimate of drug-likeness (QED) is 0.256. The molecule has 34 heavy (non-hydrogen) atoms. The number of hydrogen-bond donors (Lipinski definition) is 2. The van der Waals surface area contributed by atoms with Crippen molar-refractivity contribution in [2.75, 3.05) is 17.7 Å². The number of carbonyl (C=O) groups is 2. The first-order valence-corrected chi connectivity index (χ1v) is 11.6. The number of amides is 2. The van der Waals surface area contributed by atoms with Gasteiger partial charge in [-0.2, -0.15) is 0 Å². The normalized spacial score (nSPS) is 10.9. The van der Waals surface area contributed by atoms with Gasteiger partial charge in [0.1, 0.15) is 17.3 Å². The zero-order valence-corrected chi connectivity index (χ0v) is 20.1. The summed E-state index contributed by atoms with van der Waals surface area (Å²) in [5, 5.41) is 8.21. The van der Waals surface area contributed by atoms with Crippen molar-refractivity contribution in [3.05, 3.63) is 92.8 Å². The van der Waals surface area contributed by atoms with Crippen LogP contribution in [-0.2, 0) is 4.79 Å². The number of methoxy groups -OCH3 is 1. The molecule has 0 saturated heterocycles. The van der Waals surface area contributed by atoms with Crippen molar-refractivity contribution in [2.24, 2.45) is 0 Å². The fourth-order valence-electron chi connectivity index (χ4n) is 3.09. The molecule has 4 aromatic rings. The Morgan fingerprint density at radius 2 is 1.88 bits per heavy atom. The van der Waals surface area contributed by atoms with Gasteiger partial charge in [-0.15, -0.1) is 11.3 Å². The van der Waals surface area contributed by atoms with Crippen LogP contribution in [0.4, 0.5) is 11.4 Å². The maximum absolute atomic E-state index is 12.4. The minimum Gasteiger partial charge on any atom is -0.494 e. The van der Waals surface area contributed by atoms with Crippen molar-refractivity contribution in [1.82, 2.24) is 0 Å². The second kappa shape index (κ2) is 10.6. The molecule has 0 unspecified atom stereocenters. The lowest BCUT2D eigenvalue weighted by Crippen LogP contribution is -2.12. The number of halogens is 2. The Morgan fingerprint density at radius 3 is 2.65 bits per heavy atom. The summed E-state index contributed by atoms with van der Waals surface area (Å²) in [4.78, 5) is 25.3. The van der Waals surface area contributed by atoms with Gasteiger partial charge in [-0.05, 0) is 53.9 Å². The van der Waals surface area contributed by atoms with Gasteiger partial charge in [0.2, 0.25) is 5.91 Å². The monoisotopic (exact) mass is 512 g/mol. The van der Waals surface area contributed by atoms with Gasteiger partial charge in [-0.25, -0.2) is 0 Å². The number of benzene rings is 2. The third-order valence-corrected chi connectivity index (χ3v) is 6.39. The molecule has 0 aliphatic heterocycles. The first kappa shape index (κ1) is 23.6.